The van der Waals surface area contributed by atoms with E-state index in [1.54, 1.807) is 6.92 Å². The van der Waals surface area contributed by atoms with E-state index in [-0.39, 0.29) is 31.5 Å². The second-order valence-electron chi connectivity index (χ2n) is 10.4. The number of ether oxygens (including phenoxy) is 2. The topological polar surface area (TPSA) is 114 Å². The average Bonchev–Trinajstić information content (AvgIpc) is 3.27. The van der Waals surface area contributed by atoms with E-state index >= 15 is 0 Å². The molecule has 0 heterocycles. The van der Waals surface area contributed by atoms with Crippen molar-refractivity contribution in [2.75, 3.05) is 6.61 Å². The summed E-state index contributed by atoms with van der Waals surface area (Å²) in [6.45, 7) is 5.69. The van der Waals surface area contributed by atoms with Crippen molar-refractivity contribution in [2.24, 2.45) is 5.92 Å². The first-order valence-corrected chi connectivity index (χ1v) is 13.5. The molecule has 210 valence electrons. The van der Waals surface area contributed by atoms with Crippen LogP contribution in [-0.4, -0.2) is 47.9 Å². The Hall–Kier alpha value is -4.17. The highest BCUT2D eigenvalue weighted by molar-refractivity contribution is 5.87. The Balaban J connectivity index is 1.46. The van der Waals surface area contributed by atoms with Gasteiger partial charge in [-0.25, -0.2) is 4.79 Å². The van der Waals surface area contributed by atoms with Crippen LogP contribution in [0, 0.1) is 5.92 Å². The second kappa shape index (κ2) is 13.3. The predicted octanol–water partition coefficient (Wildman–Crippen LogP) is 5.11. The number of nitrogens with one attached hydrogen (secondary N) is 2. The lowest BCUT2D eigenvalue weighted by molar-refractivity contribution is -0.138. The van der Waals surface area contributed by atoms with Gasteiger partial charge in [0, 0.05) is 12.0 Å². The Morgan fingerprint density at radius 1 is 0.825 bits per heavy atom. The molecule has 3 N–H and O–H groups in total. The number of rotatable bonds is 12. The van der Waals surface area contributed by atoms with Gasteiger partial charge in [-0.1, -0.05) is 92.7 Å². The molecule has 8 heteroatoms. The van der Waals surface area contributed by atoms with E-state index in [2.05, 4.69) is 22.8 Å². The summed E-state index contributed by atoms with van der Waals surface area (Å²) in [7, 11) is 0. The van der Waals surface area contributed by atoms with E-state index in [4.69, 9.17) is 9.47 Å². The largest absolute Gasteiger partial charge is 0.481 e. The molecule has 0 radical (unpaired) electrons. The average molecular weight is 545 g/mol. The van der Waals surface area contributed by atoms with Gasteiger partial charge in [0.05, 0.1) is 19.1 Å². The molecule has 0 saturated heterocycles. The number of carbonyl (C=O) groups is 3. The quantitative estimate of drug-likeness (QED) is 0.292. The summed E-state index contributed by atoms with van der Waals surface area (Å²) in [4.78, 5) is 37.8. The lowest BCUT2D eigenvalue weighted by atomic mass is 9.98. The molecular formula is C32H36N2O6. The number of carbonyl (C=O) groups excluding carboxylic acids is 2. The van der Waals surface area contributed by atoms with Crippen molar-refractivity contribution in [3.63, 3.8) is 0 Å². The van der Waals surface area contributed by atoms with Crippen LogP contribution in [-0.2, 0) is 25.7 Å². The highest BCUT2D eigenvalue weighted by Crippen LogP contribution is 2.44. The number of benzene rings is 3. The SMILES string of the molecule is CC(C)C(CC(=O)O)NC(=O)C(NC(=O)OCC1c2ccccc2-c2ccccc21)C(C)OCc1ccccc1. The van der Waals surface area contributed by atoms with Gasteiger partial charge in [-0.05, 0) is 40.7 Å². The molecule has 1 aliphatic carbocycles. The number of hydrogen-bond acceptors (Lipinski definition) is 5. The Morgan fingerprint density at radius 3 is 1.98 bits per heavy atom. The molecule has 40 heavy (non-hydrogen) atoms. The van der Waals surface area contributed by atoms with Crippen molar-refractivity contribution in [3.05, 3.63) is 95.6 Å². The minimum Gasteiger partial charge on any atom is -0.481 e. The Morgan fingerprint density at radius 2 is 1.40 bits per heavy atom. The molecule has 3 aromatic rings. The summed E-state index contributed by atoms with van der Waals surface area (Å²) in [6, 6.07) is 23.9. The van der Waals surface area contributed by atoms with Crippen molar-refractivity contribution in [3.8, 4) is 11.1 Å². The number of aliphatic carboxylic acids is 1. The van der Waals surface area contributed by atoms with Crippen molar-refractivity contribution >= 4 is 18.0 Å². The maximum Gasteiger partial charge on any atom is 0.407 e. The van der Waals surface area contributed by atoms with E-state index in [0.717, 1.165) is 27.8 Å². The molecule has 3 unspecified atom stereocenters. The molecule has 2 amide bonds. The van der Waals surface area contributed by atoms with Crippen molar-refractivity contribution < 1.29 is 29.0 Å². The Kier molecular flexibility index (Phi) is 9.56. The van der Waals surface area contributed by atoms with Gasteiger partial charge in [0.1, 0.15) is 12.6 Å². The van der Waals surface area contributed by atoms with Crippen LogP contribution >= 0.6 is 0 Å². The minimum absolute atomic E-state index is 0.0983. The van der Waals surface area contributed by atoms with Crippen LogP contribution in [0.15, 0.2) is 78.9 Å². The Bertz CT molecular complexity index is 1280. The lowest BCUT2D eigenvalue weighted by Crippen LogP contribution is -2.56. The van der Waals surface area contributed by atoms with Gasteiger partial charge >= 0.3 is 12.1 Å². The van der Waals surface area contributed by atoms with E-state index in [0.29, 0.717) is 0 Å². The van der Waals surface area contributed by atoms with E-state index in [9.17, 15) is 19.5 Å². The van der Waals surface area contributed by atoms with Gasteiger partial charge < -0.3 is 25.2 Å². The third-order valence-electron chi connectivity index (χ3n) is 7.25. The molecule has 4 rings (SSSR count). The minimum atomic E-state index is -1.10. The number of carboxylic acids is 1. The number of hydrogen-bond donors (Lipinski definition) is 3. The molecule has 0 bridgehead atoms. The summed E-state index contributed by atoms with van der Waals surface area (Å²) in [6.07, 6.45) is -1.71. The molecule has 8 nitrogen and oxygen atoms in total. The van der Waals surface area contributed by atoms with E-state index in [1.165, 1.54) is 0 Å². The fourth-order valence-electron chi connectivity index (χ4n) is 4.98. The second-order valence-corrected chi connectivity index (χ2v) is 10.4. The smallest absolute Gasteiger partial charge is 0.407 e. The highest BCUT2D eigenvalue weighted by Gasteiger charge is 2.33. The fourth-order valence-corrected chi connectivity index (χ4v) is 4.98. The van der Waals surface area contributed by atoms with Crippen LogP contribution in [0.2, 0.25) is 0 Å². The van der Waals surface area contributed by atoms with Crippen LogP contribution in [0.1, 0.15) is 49.8 Å². The highest BCUT2D eigenvalue weighted by atomic mass is 16.5. The monoisotopic (exact) mass is 544 g/mol. The van der Waals surface area contributed by atoms with Crippen LogP contribution in [0.25, 0.3) is 11.1 Å². The third-order valence-corrected chi connectivity index (χ3v) is 7.25. The number of carboxylic acid groups (broad SMARTS) is 1. The molecule has 0 saturated carbocycles. The summed E-state index contributed by atoms with van der Waals surface area (Å²) >= 11 is 0. The third kappa shape index (κ3) is 7.07. The normalized spacial score (nSPS) is 14.5. The van der Waals surface area contributed by atoms with Gasteiger partial charge in [0.2, 0.25) is 5.91 Å². The zero-order valence-electron chi connectivity index (χ0n) is 23.0. The van der Waals surface area contributed by atoms with Gasteiger partial charge in [0.15, 0.2) is 0 Å². The zero-order chi connectivity index (χ0) is 28.6. The molecule has 3 atom stereocenters. The van der Waals surface area contributed by atoms with E-state index < -0.39 is 36.2 Å². The molecule has 1 aliphatic rings. The van der Waals surface area contributed by atoms with Gasteiger partial charge in [-0.2, -0.15) is 0 Å². The van der Waals surface area contributed by atoms with Crippen LogP contribution < -0.4 is 10.6 Å². The number of fused-ring (bicyclic) bond motifs is 3. The van der Waals surface area contributed by atoms with E-state index in [1.807, 2.05) is 80.6 Å². The maximum absolute atomic E-state index is 13.4. The fraction of sp³-hybridized carbons (Fsp3) is 0.344. The van der Waals surface area contributed by atoms with Gasteiger partial charge in [-0.15, -0.1) is 0 Å². The first-order chi connectivity index (χ1) is 19.2. The van der Waals surface area contributed by atoms with Crippen molar-refractivity contribution in [2.45, 2.75) is 57.9 Å². The summed E-state index contributed by atoms with van der Waals surface area (Å²) in [5.41, 5.74) is 5.31. The van der Waals surface area contributed by atoms with Crippen LogP contribution in [0.5, 0.6) is 0 Å². The number of amides is 2. The molecular weight excluding hydrogens is 508 g/mol. The first kappa shape index (κ1) is 28.8. The van der Waals surface area contributed by atoms with Crippen LogP contribution in [0.3, 0.4) is 0 Å². The standard InChI is InChI=1S/C32H36N2O6/c1-20(2)28(17-29(35)36)33-31(37)30(21(3)39-18-22-11-5-4-6-12-22)34-32(38)40-19-27-25-15-9-7-13-23(25)24-14-8-10-16-26(24)27/h4-16,20-21,27-28,30H,17-19H2,1-3H3,(H,33,37)(H,34,38)(H,35,36). The Labute approximate surface area is 234 Å². The van der Waals surface area contributed by atoms with Crippen molar-refractivity contribution in [1.29, 1.82) is 0 Å². The van der Waals surface area contributed by atoms with Gasteiger partial charge in [-0.3, -0.25) is 9.59 Å². The van der Waals surface area contributed by atoms with Crippen LogP contribution in [0.4, 0.5) is 4.79 Å². The maximum atomic E-state index is 13.4. The molecule has 0 spiro atoms. The molecule has 0 aromatic heterocycles. The zero-order valence-corrected chi connectivity index (χ0v) is 23.0. The lowest BCUT2D eigenvalue weighted by Gasteiger charge is -2.28. The predicted molar refractivity (Wildman–Crippen MR) is 152 cm³/mol. The summed E-state index contributed by atoms with van der Waals surface area (Å²) in [5.74, 6) is -1.81. The van der Waals surface area contributed by atoms with Crippen molar-refractivity contribution in [1.82, 2.24) is 10.6 Å². The number of alkyl carbamates (subject to hydrolysis) is 1. The molecule has 0 aliphatic heterocycles. The first-order valence-electron chi connectivity index (χ1n) is 13.5. The molecule has 0 fully saturated rings. The summed E-state index contributed by atoms with van der Waals surface area (Å²) < 4.78 is 11.6. The summed E-state index contributed by atoms with van der Waals surface area (Å²) in [5, 5.41) is 14.8. The van der Waals surface area contributed by atoms with Gasteiger partial charge in [0.25, 0.3) is 0 Å². The molecule has 3 aromatic carbocycles.